The second-order valence-electron chi connectivity index (χ2n) is 4.53. The zero-order chi connectivity index (χ0) is 15.3. The van der Waals surface area contributed by atoms with Gasteiger partial charge in [0.1, 0.15) is 6.61 Å². The van der Waals surface area contributed by atoms with Gasteiger partial charge in [-0.25, -0.2) is 8.42 Å². The summed E-state index contributed by atoms with van der Waals surface area (Å²) in [7, 11) is -3.64. The first-order valence-corrected chi connectivity index (χ1v) is 7.94. The van der Waals surface area contributed by atoms with Gasteiger partial charge in [-0.3, -0.25) is 0 Å². The van der Waals surface area contributed by atoms with Gasteiger partial charge in [0, 0.05) is 18.7 Å². The SMILES string of the molecule is O=S(=O)(c1cccc(C#CCO)c1)N1CCOC(CO)C1. The first-order chi connectivity index (χ1) is 10.1. The average molecular weight is 311 g/mol. The quantitative estimate of drug-likeness (QED) is 0.729. The number of benzene rings is 1. The summed E-state index contributed by atoms with van der Waals surface area (Å²) in [5, 5.41) is 17.8. The number of nitrogens with zero attached hydrogens (tertiary/aromatic N) is 1. The summed E-state index contributed by atoms with van der Waals surface area (Å²) in [4.78, 5) is 0.144. The van der Waals surface area contributed by atoms with Crippen molar-refractivity contribution in [3.05, 3.63) is 29.8 Å². The zero-order valence-corrected chi connectivity index (χ0v) is 12.2. The number of ether oxygens (including phenoxy) is 1. The highest BCUT2D eigenvalue weighted by molar-refractivity contribution is 7.89. The molecule has 0 amide bonds. The monoisotopic (exact) mass is 311 g/mol. The minimum absolute atomic E-state index is 0.130. The molecule has 0 aliphatic carbocycles. The second-order valence-corrected chi connectivity index (χ2v) is 6.46. The molecule has 114 valence electrons. The number of hydrogen-bond donors (Lipinski definition) is 2. The van der Waals surface area contributed by atoms with Crippen molar-refractivity contribution in [2.24, 2.45) is 0 Å². The molecule has 1 aliphatic heterocycles. The molecule has 6 nitrogen and oxygen atoms in total. The number of aliphatic hydroxyl groups is 2. The van der Waals surface area contributed by atoms with Crippen molar-refractivity contribution in [2.45, 2.75) is 11.0 Å². The van der Waals surface area contributed by atoms with Crippen LogP contribution in [0, 0.1) is 11.8 Å². The van der Waals surface area contributed by atoms with Gasteiger partial charge in [0.05, 0.1) is 24.2 Å². The summed E-state index contributed by atoms with van der Waals surface area (Å²) in [6.45, 7) is 0.151. The Kier molecular flexibility index (Phi) is 5.33. The summed E-state index contributed by atoms with van der Waals surface area (Å²) in [5.74, 6) is 5.17. The third kappa shape index (κ3) is 3.81. The fourth-order valence-electron chi connectivity index (χ4n) is 2.05. The van der Waals surface area contributed by atoms with Crippen LogP contribution in [0.25, 0.3) is 0 Å². The van der Waals surface area contributed by atoms with Crippen LogP contribution >= 0.6 is 0 Å². The highest BCUT2D eigenvalue weighted by atomic mass is 32.2. The van der Waals surface area contributed by atoms with E-state index < -0.39 is 16.1 Å². The van der Waals surface area contributed by atoms with Crippen molar-refractivity contribution in [1.82, 2.24) is 4.31 Å². The van der Waals surface area contributed by atoms with Crippen molar-refractivity contribution in [2.75, 3.05) is 32.9 Å². The van der Waals surface area contributed by atoms with Gasteiger partial charge < -0.3 is 14.9 Å². The largest absolute Gasteiger partial charge is 0.394 e. The Morgan fingerprint density at radius 1 is 1.38 bits per heavy atom. The van der Waals surface area contributed by atoms with Gasteiger partial charge in [0.2, 0.25) is 10.0 Å². The highest BCUT2D eigenvalue weighted by Gasteiger charge is 2.30. The number of hydrogen-bond acceptors (Lipinski definition) is 5. The molecule has 0 bridgehead atoms. The molecule has 0 saturated carbocycles. The lowest BCUT2D eigenvalue weighted by Crippen LogP contribution is -2.46. The first kappa shape index (κ1) is 15.9. The van der Waals surface area contributed by atoms with E-state index in [1.807, 2.05) is 0 Å². The van der Waals surface area contributed by atoms with E-state index in [2.05, 4.69) is 11.8 Å². The summed E-state index contributed by atoms with van der Waals surface area (Å²) >= 11 is 0. The highest BCUT2D eigenvalue weighted by Crippen LogP contribution is 2.19. The predicted octanol–water partition coefficient (Wildman–Crippen LogP) is -0.588. The Morgan fingerprint density at radius 3 is 2.90 bits per heavy atom. The molecule has 21 heavy (non-hydrogen) atoms. The molecule has 1 aromatic carbocycles. The van der Waals surface area contributed by atoms with Gasteiger partial charge in [0.25, 0.3) is 0 Å². The van der Waals surface area contributed by atoms with Crippen LogP contribution in [0.3, 0.4) is 0 Å². The average Bonchev–Trinajstić information content (AvgIpc) is 2.53. The molecule has 1 heterocycles. The Morgan fingerprint density at radius 2 is 2.19 bits per heavy atom. The Hall–Kier alpha value is -1.43. The molecule has 1 saturated heterocycles. The molecule has 0 radical (unpaired) electrons. The third-order valence-electron chi connectivity index (χ3n) is 3.09. The fourth-order valence-corrected chi connectivity index (χ4v) is 3.55. The van der Waals surface area contributed by atoms with Crippen LogP contribution in [0.5, 0.6) is 0 Å². The van der Waals surface area contributed by atoms with Crippen LogP contribution in [0.2, 0.25) is 0 Å². The smallest absolute Gasteiger partial charge is 0.243 e. The summed E-state index contributed by atoms with van der Waals surface area (Å²) in [6.07, 6.45) is -0.495. The lowest BCUT2D eigenvalue weighted by Gasteiger charge is -2.31. The maximum atomic E-state index is 12.6. The van der Waals surface area contributed by atoms with E-state index in [1.165, 1.54) is 16.4 Å². The molecular weight excluding hydrogens is 294 g/mol. The molecule has 0 spiro atoms. The van der Waals surface area contributed by atoms with E-state index in [0.29, 0.717) is 5.56 Å². The maximum absolute atomic E-state index is 12.6. The Balaban J connectivity index is 2.26. The maximum Gasteiger partial charge on any atom is 0.243 e. The van der Waals surface area contributed by atoms with E-state index in [9.17, 15) is 8.42 Å². The standard InChI is InChI=1S/C14H17NO5S/c16-7-2-4-12-3-1-5-14(9-12)21(18,19)15-6-8-20-13(10-15)11-17/h1,3,5,9,13,16-17H,6-8,10-11H2. The van der Waals surface area contributed by atoms with Crippen LogP contribution in [0.4, 0.5) is 0 Å². The van der Waals surface area contributed by atoms with E-state index in [-0.39, 0.29) is 37.8 Å². The first-order valence-electron chi connectivity index (χ1n) is 6.50. The molecule has 7 heteroatoms. The second kappa shape index (κ2) is 7.02. The molecule has 2 rings (SSSR count). The number of rotatable bonds is 3. The molecule has 1 aliphatic rings. The van der Waals surface area contributed by atoms with Crippen LogP contribution in [0.1, 0.15) is 5.56 Å². The van der Waals surface area contributed by atoms with E-state index in [0.717, 1.165) is 0 Å². The van der Waals surface area contributed by atoms with Crippen molar-refractivity contribution in [3.8, 4) is 11.8 Å². The Bertz CT molecular complexity index is 647. The zero-order valence-electron chi connectivity index (χ0n) is 11.4. The lowest BCUT2D eigenvalue weighted by molar-refractivity contribution is -0.0304. The molecule has 1 unspecified atom stereocenters. The molecule has 1 fully saturated rings. The third-order valence-corrected chi connectivity index (χ3v) is 4.95. The topological polar surface area (TPSA) is 87.1 Å². The summed E-state index contributed by atoms with van der Waals surface area (Å²) in [6, 6.07) is 6.26. The van der Waals surface area contributed by atoms with Crippen LogP contribution in [-0.2, 0) is 14.8 Å². The van der Waals surface area contributed by atoms with E-state index in [1.54, 1.807) is 12.1 Å². The normalized spacial score (nSPS) is 19.8. The van der Waals surface area contributed by atoms with Gasteiger partial charge in [-0.2, -0.15) is 4.31 Å². The van der Waals surface area contributed by atoms with E-state index >= 15 is 0 Å². The van der Waals surface area contributed by atoms with Gasteiger partial charge in [-0.15, -0.1) is 0 Å². The van der Waals surface area contributed by atoms with Gasteiger partial charge >= 0.3 is 0 Å². The van der Waals surface area contributed by atoms with Crippen LogP contribution in [0.15, 0.2) is 29.2 Å². The van der Waals surface area contributed by atoms with Crippen LogP contribution in [-0.4, -0.2) is 62.0 Å². The molecular formula is C14H17NO5S. The Labute approximate surface area is 124 Å². The van der Waals surface area contributed by atoms with Crippen molar-refractivity contribution < 1.29 is 23.4 Å². The van der Waals surface area contributed by atoms with Crippen molar-refractivity contribution in [3.63, 3.8) is 0 Å². The number of sulfonamides is 1. The van der Waals surface area contributed by atoms with Crippen LogP contribution < -0.4 is 0 Å². The van der Waals surface area contributed by atoms with Gasteiger partial charge in [0.15, 0.2) is 0 Å². The lowest BCUT2D eigenvalue weighted by atomic mass is 10.2. The molecule has 1 atom stereocenters. The minimum atomic E-state index is -3.64. The molecule has 2 N–H and O–H groups in total. The summed E-state index contributed by atoms with van der Waals surface area (Å²) in [5.41, 5.74) is 0.525. The molecule has 0 aromatic heterocycles. The number of aliphatic hydroxyl groups excluding tert-OH is 2. The summed E-state index contributed by atoms with van der Waals surface area (Å²) < 4.78 is 31.7. The van der Waals surface area contributed by atoms with Gasteiger partial charge in [-0.1, -0.05) is 17.9 Å². The van der Waals surface area contributed by atoms with Crippen molar-refractivity contribution >= 4 is 10.0 Å². The van der Waals surface area contributed by atoms with Crippen molar-refractivity contribution in [1.29, 1.82) is 0 Å². The van der Waals surface area contributed by atoms with E-state index in [4.69, 9.17) is 14.9 Å². The molecule has 1 aromatic rings. The van der Waals surface area contributed by atoms with Gasteiger partial charge in [-0.05, 0) is 18.2 Å². The fraction of sp³-hybridized carbons (Fsp3) is 0.429. The predicted molar refractivity (Wildman–Crippen MR) is 76.0 cm³/mol. The minimum Gasteiger partial charge on any atom is -0.394 e. The number of morpholine rings is 1.